The molecule has 5 atom stereocenters. The number of hydrogen-bond acceptors (Lipinski definition) is 1. The highest BCUT2D eigenvalue weighted by atomic mass is 15.1. The van der Waals surface area contributed by atoms with Gasteiger partial charge in [0.2, 0.25) is 0 Å². The van der Waals surface area contributed by atoms with Crippen molar-refractivity contribution in [3.63, 3.8) is 0 Å². The van der Waals surface area contributed by atoms with Gasteiger partial charge in [0.05, 0.1) is 11.0 Å². The molecule has 0 amide bonds. The summed E-state index contributed by atoms with van der Waals surface area (Å²) in [5.41, 5.74) is 10.0. The molecule has 0 aliphatic heterocycles. The van der Waals surface area contributed by atoms with Crippen molar-refractivity contribution in [1.82, 2.24) is 4.57 Å². The molecule has 7 aromatic rings. The average Bonchev–Trinajstić information content (AvgIpc) is 3.73. The van der Waals surface area contributed by atoms with Gasteiger partial charge in [-0.1, -0.05) is 84.9 Å². The summed E-state index contributed by atoms with van der Waals surface area (Å²) in [7, 11) is 0. The summed E-state index contributed by atoms with van der Waals surface area (Å²) in [6, 6.07) is 52.0. The number of nitrogens with zero attached hydrogens (tertiary/aromatic N) is 2. The summed E-state index contributed by atoms with van der Waals surface area (Å²) in [6.45, 7) is 0. The molecule has 1 aromatic heterocycles. The lowest BCUT2D eigenvalue weighted by molar-refractivity contribution is -0.198. The van der Waals surface area contributed by atoms with E-state index < -0.39 is 0 Å². The standard InChI is InChI=1S/C44H36N2/c1-3-9-34(10-4-1)45(36-20-17-31(18-21-36)43-26-29-23-32-24-33(28-43)44(32,43)27-29)37-19-15-30-16-22-39-38-13-7-8-14-41(38)46(42(39)40(30)25-37)35-11-5-2-6-12-35/h1-22,25,29,32-33H,23-24,26-28H2. The second kappa shape index (κ2) is 8.91. The van der Waals surface area contributed by atoms with Crippen molar-refractivity contribution in [2.45, 2.75) is 37.5 Å². The van der Waals surface area contributed by atoms with Crippen LogP contribution in [-0.4, -0.2) is 4.57 Å². The molecular weight excluding hydrogens is 556 g/mol. The maximum Gasteiger partial charge on any atom is 0.0620 e. The fourth-order valence-electron chi connectivity index (χ4n) is 11.4. The summed E-state index contributed by atoms with van der Waals surface area (Å²) in [5, 5.41) is 5.10. The van der Waals surface area contributed by atoms with Crippen LogP contribution in [-0.2, 0) is 5.41 Å². The molecule has 11 rings (SSSR count). The number of para-hydroxylation sites is 3. The Hall–Kier alpha value is -4.82. The van der Waals surface area contributed by atoms with E-state index in [2.05, 4.69) is 149 Å². The molecule has 2 heteroatoms. The number of anilines is 3. The van der Waals surface area contributed by atoms with Crippen molar-refractivity contribution in [2.75, 3.05) is 4.90 Å². The topological polar surface area (TPSA) is 8.17 Å². The summed E-state index contributed by atoms with van der Waals surface area (Å²) in [5.74, 6) is 2.98. The van der Waals surface area contributed by atoms with Crippen molar-refractivity contribution >= 4 is 49.6 Å². The SMILES string of the molecule is c1ccc(N(c2ccc(C34CC5CC6CC(C3)C64C5)cc2)c2ccc3ccc4c5ccccc5n(-c5ccccc5)c4c3c2)cc1. The molecule has 0 radical (unpaired) electrons. The third-order valence-electron chi connectivity index (χ3n) is 13.0. The first-order chi connectivity index (χ1) is 22.7. The first-order valence-corrected chi connectivity index (χ1v) is 17.2. The number of rotatable bonds is 5. The highest BCUT2D eigenvalue weighted by Crippen LogP contribution is 2.86. The van der Waals surface area contributed by atoms with Crippen LogP contribution in [0.4, 0.5) is 17.1 Å². The van der Waals surface area contributed by atoms with E-state index in [1.807, 2.05) is 0 Å². The summed E-state index contributed by atoms with van der Waals surface area (Å²) < 4.78 is 2.45. The molecule has 6 aromatic carbocycles. The average molecular weight is 593 g/mol. The lowest BCUT2D eigenvalue weighted by Gasteiger charge is -2.73. The third kappa shape index (κ3) is 3.08. The Morgan fingerprint density at radius 2 is 1.26 bits per heavy atom. The van der Waals surface area contributed by atoms with Crippen LogP contribution in [0.25, 0.3) is 38.3 Å². The van der Waals surface area contributed by atoms with Crippen LogP contribution >= 0.6 is 0 Å². The van der Waals surface area contributed by atoms with Crippen molar-refractivity contribution in [1.29, 1.82) is 0 Å². The molecule has 4 aliphatic rings. The molecule has 5 unspecified atom stereocenters. The van der Waals surface area contributed by atoms with E-state index in [1.165, 1.54) is 87.4 Å². The van der Waals surface area contributed by atoms with Crippen LogP contribution in [0.5, 0.6) is 0 Å². The van der Waals surface area contributed by atoms with E-state index in [0.29, 0.717) is 10.8 Å². The maximum absolute atomic E-state index is 2.50. The second-order valence-electron chi connectivity index (χ2n) is 14.7. The van der Waals surface area contributed by atoms with Crippen molar-refractivity contribution in [3.8, 4) is 5.69 Å². The van der Waals surface area contributed by atoms with Crippen LogP contribution in [0.2, 0.25) is 0 Å². The third-order valence-corrected chi connectivity index (χ3v) is 13.0. The Bertz CT molecular complexity index is 2320. The Kier molecular flexibility index (Phi) is 4.92. The first-order valence-electron chi connectivity index (χ1n) is 17.2. The maximum atomic E-state index is 2.50. The minimum atomic E-state index is 0.457. The molecule has 222 valence electrons. The molecule has 46 heavy (non-hydrogen) atoms. The normalized spacial score (nSPS) is 27.1. The van der Waals surface area contributed by atoms with Crippen molar-refractivity contribution in [2.24, 2.45) is 23.2 Å². The minimum absolute atomic E-state index is 0.457. The lowest BCUT2D eigenvalue weighted by atomic mass is 9.31. The van der Waals surface area contributed by atoms with Crippen LogP contribution < -0.4 is 4.90 Å². The van der Waals surface area contributed by atoms with E-state index in [0.717, 1.165) is 17.8 Å². The van der Waals surface area contributed by atoms with Crippen LogP contribution in [0, 0.1) is 23.2 Å². The van der Waals surface area contributed by atoms with E-state index in [9.17, 15) is 0 Å². The second-order valence-corrected chi connectivity index (χ2v) is 14.7. The van der Waals surface area contributed by atoms with Gasteiger partial charge in [-0.15, -0.1) is 0 Å². The molecule has 0 saturated heterocycles. The number of benzene rings is 6. The lowest BCUT2D eigenvalue weighted by Crippen LogP contribution is -2.68. The van der Waals surface area contributed by atoms with E-state index >= 15 is 0 Å². The number of aromatic nitrogens is 1. The molecule has 2 nitrogen and oxygen atoms in total. The quantitative estimate of drug-likeness (QED) is 0.193. The molecule has 4 fully saturated rings. The zero-order chi connectivity index (χ0) is 30.0. The molecule has 0 N–H and O–H groups in total. The highest BCUT2D eigenvalue weighted by molar-refractivity contribution is 6.19. The van der Waals surface area contributed by atoms with Gasteiger partial charge in [-0.2, -0.15) is 0 Å². The smallest absolute Gasteiger partial charge is 0.0620 e. The number of fused-ring (bicyclic) bond motifs is 6. The predicted octanol–water partition coefficient (Wildman–Crippen LogP) is 11.5. The summed E-state index contributed by atoms with van der Waals surface area (Å²) >= 11 is 0. The Morgan fingerprint density at radius 1 is 0.543 bits per heavy atom. The zero-order valence-electron chi connectivity index (χ0n) is 25.9. The Labute approximate surface area is 269 Å². The fraction of sp³-hybridized carbons (Fsp3) is 0.227. The van der Waals surface area contributed by atoms with Crippen molar-refractivity contribution in [3.05, 3.63) is 145 Å². The van der Waals surface area contributed by atoms with Crippen molar-refractivity contribution < 1.29 is 0 Å². The first kappa shape index (κ1) is 25.4. The van der Waals surface area contributed by atoms with Crippen LogP contribution in [0.3, 0.4) is 0 Å². The van der Waals surface area contributed by atoms with Gasteiger partial charge in [-0.05, 0) is 121 Å². The largest absolute Gasteiger partial charge is 0.310 e. The Balaban J connectivity index is 1.09. The monoisotopic (exact) mass is 592 g/mol. The van der Waals surface area contributed by atoms with Gasteiger partial charge >= 0.3 is 0 Å². The van der Waals surface area contributed by atoms with Gasteiger partial charge in [0.15, 0.2) is 0 Å². The molecule has 4 saturated carbocycles. The zero-order valence-corrected chi connectivity index (χ0v) is 25.9. The van der Waals surface area contributed by atoms with Gasteiger partial charge in [-0.3, -0.25) is 0 Å². The molecule has 4 aliphatic carbocycles. The summed E-state index contributed by atoms with van der Waals surface area (Å²) in [6.07, 6.45) is 7.38. The van der Waals surface area contributed by atoms with Gasteiger partial charge in [-0.25, -0.2) is 0 Å². The van der Waals surface area contributed by atoms with E-state index in [4.69, 9.17) is 0 Å². The molecular formula is C44H36N2. The van der Waals surface area contributed by atoms with Gasteiger partial charge in [0, 0.05) is 44.3 Å². The van der Waals surface area contributed by atoms with Gasteiger partial charge in [0.1, 0.15) is 0 Å². The molecule has 1 heterocycles. The van der Waals surface area contributed by atoms with Crippen LogP contribution in [0.15, 0.2) is 140 Å². The van der Waals surface area contributed by atoms with E-state index in [-0.39, 0.29) is 0 Å². The molecule has 1 spiro atoms. The minimum Gasteiger partial charge on any atom is -0.310 e. The molecule has 2 bridgehead atoms. The van der Waals surface area contributed by atoms with E-state index in [1.54, 1.807) is 5.56 Å². The summed E-state index contributed by atoms with van der Waals surface area (Å²) in [4.78, 5) is 2.45. The highest BCUT2D eigenvalue weighted by Gasteiger charge is 2.80. The Morgan fingerprint density at radius 3 is 2.07 bits per heavy atom. The fourth-order valence-corrected chi connectivity index (χ4v) is 11.4. The van der Waals surface area contributed by atoms with Gasteiger partial charge < -0.3 is 9.47 Å². The van der Waals surface area contributed by atoms with Gasteiger partial charge in [0.25, 0.3) is 0 Å². The van der Waals surface area contributed by atoms with Crippen LogP contribution in [0.1, 0.15) is 37.7 Å². The predicted molar refractivity (Wildman–Crippen MR) is 191 cm³/mol. The number of hydrogen-bond donors (Lipinski definition) is 0.